The van der Waals surface area contributed by atoms with E-state index in [0.717, 1.165) is 67.6 Å². The third kappa shape index (κ3) is 3.53. The molecule has 1 aliphatic carbocycles. The van der Waals surface area contributed by atoms with Crippen molar-refractivity contribution in [3.05, 3.63) is 157 Å². The van der Waals surface area contributed by atoms with E-state index in [2.05, 4.69) is 151 Å². The van der Waals surface area contributed by atoms with E-state index in [9.17, 15) is 0 Å². The largest absolute Gasteiger partial charge is 0.453 e. The summed E-state index contributed by atoms with van der Waals surface area (Å²) in [5.74, 6) is 3.31. The summed E-state index contributed by atoms with van der Waals surface area (Å²) in [5, 5.41) is 2.27. The Hall–Kier alpha value is -6.26. The number of anilines is 3. The van der Waals surface area contributed by atoms with Crippen molar-refractivity contribution in [1.82, 2.24) is 4.57 Å². The second-order valence-corrected chi connectivity index (χ2v) is 13.7. The Kier molecular flexibility index (Phi) is 5.15. The van der Waals surface area contributed by atoms with Gasteiger partial charge < -0.3 is 14.4 Å². The highest BCUT2D eigenvalue weighted by molar-refractivity contribution is 6.20. The Balaban J connectivity index is 1.20. The second kappa shape index (κ2) is 9.42. The minimum atomic E-state index is -0.0694. The standard InChI is InChI=1S/C45H30N2O2/c1-45(2)34-14-7-6-12-31(34)33-26-30(22-23-35(33)45)46(29-20-18-28(19-21-29)27-10-4-3-5-11-27)36-24-25-40-44-41(36)32-13-8-15-37-42(32)47(44)43-38(48-37)16-9-17-39(43)49-40/h3-26H,1-2H3. The van der Waals surface area contributed by atoms with E-state index in [1.165, 1.54) is 33.4 Å². The molecule has 0 atom stereocenters. The number of ether oxygens (including phenoxy) is 2. The molecule has 7 aromatic carbocycles. The lowest BCUT2D eigenvalue weighted by atomic mass is 9.82. The number of para-hydroxylation sites is 2. The summed E-state index contributed by atoms with van der Waals surface area (Å²) in [6.45, 7) is 4.67. The van der Waals surface area contributed by atoms with E-state index < -0.39 is 0 Å². The van der Waals surface area contributed by atoms with Crippen LogP contribution in [0.1, 0.15) is 25.0 Å². The molecular formula is C45H30N2O2. The Morgan fingerprint density at radius 2 is 1.16 bits per heavy atom. The highest BCUT2D eigenvalue weighted by atomic mass is 16.5. The van der Waals surface area contributed by atoms with Gasteiger partial charge in [0.05, 0.1) is 16.7 Å². The topological polar surface area (TPSA) is 26.6 Å². The van der Waals surface area contributed by atoms with Crippen LogP contribution in [0.4, 0.5) is 17.1 Å². The van der Waals surface area contributed by atoms with Gasteiger partial charge in [-0.05, 0) is 88.0 Å². The van der Waals surface area contributed by atoms with E-state index in [-0.39, 0.29) is 5.41 Å². The number of hydrogen-bond donors (Lipinski definition) is 0. The zero-order valence-electron chi connectivity index (χ0n) is 27.1. The van der Waals surface area contributed by atoms with Gasteiger partial charge in [-0.3, -0.25) is 4.57 Å². The fourth-order valence-corrected chi connectivity index (χ4v) is 8.52. The molecule has 232 valence electrons. The van der Waals surface area contributed by atoms with Crippen LogP contribution in [0.15, 0.2) is 146 Å². The van der Waals surface area contributed by atoms with Gasteiger partial charge >= 0.3 is 0 Å². The number of benzene rings is 7. The number of fused-ring (bicyclic) bond motifs is 4. The van der Waals surface area contributed by atoms with Gasteiger partial charge in [0, 0.05) is 27.6 Å². The number of hydrogen-bond acceptors (Lipinski definition) is 3. The Labute approximate surface area is 284 Å². The molecule has 3 aliphatic rings. The average molecular weight is 631 g/mol. The fraction of sp³-hybridized carbons (Fsp3) is 0.0667. The number of aromatic nitrogens is 1. The van der Waals surface area contributed by atoms with Crippen LogP contribution in [0.2, 0.25) is 0 Å². The van der Waals surface area contributed by atoms with Gasteiger partial charge in [0.1, 0.15) is 5.69 Å². The van der Waals surface area contributed by atoms with Crippen LogP contribution in [0, 0.1) is 0 Å². The third-order valence-electron chi connectivity index (χ3n) is 10.8. The molecule has 0 unspecified atom stereocenters. The zero-order chi connectivity index (χ0) is 32.4. The summed E-state index contributed by atoms with van der Waals surface area (Å²) in [7, 11) is 0. The van der Waals surface area contributed by atoms with Crippen molar-refractivity contribution >= 4 is 38.9 Å². The predicted octanol–water partition coefficient (Wildman–Crippen LogP) is 12.4. The summed E-state index contributed by atoms with van der Waals surface area (Å²) in [5.41, 5.74) is 14.0. The molecule has 0 amide bonds. The molecule has 0 spiro atoms. The normalized spacial score (nSPS) is 14.0. The van der Waals surface area contributed by atoms with E-state index in [1.807, 2.05) is 18.2 Å². The predicted molar refractivity (Wildman–Crippen MR) is 199 cm³/mol. The highest BCUT2D eigenvalue weighted by Gasteiger charge is 2.37. The third-order valence-corrected chi connectivity index (χ3v) is 10.8. The van der Waals surface area contributed by atoms with E-state index in [0.29, 0.717) is 0 Å². The van der Waals surface area contributed by atoms with Gasteiger partial charge in [-0.15, -0.1) is 0 Å². The first-order valence-corrected chi connectivity index (χ1v) is 16.9. The SMILES string of the molecule is CC1(C)c2ccccc2-c2cc(N(c3ccc(-c4ccccc4)cc3)c3ccc4c5c3c3cccc6c3n5-c3c(cccc3O4)O6)ccc21. The summed E-state index contributed by atoms with van der Waals surface area (Å²) in [6, 6.07) is 52.1. The lowest BCUT2D eigenvalue weighted by Gasteiger charge is -2.29. The maximum Gasteiger partial charge on any atom is 0.155 e. The van der Waals surface area contributed by atoms with Crippen LogP contribution in [-0.2, 0) is 5.41 Å². The minimum Gasteiger partial charge on any atom is -0.453 e. The molecule has 0 fully saturated rings. The molecule has 49 heavy (non-hydrogen) atoms. The Morgan fingerprint density at radius 3 is 1.98 bits per heavy atom. The molecule has 8 aromatic rings. The lowest BCUT2D eigenvalue weighted by molar-refractivity contribution is 0.444. The van der Waals surface area contributed by atoms with Crippen LogP contribution < -0.4 is 14.4 Å². The van der Waals surface area contributed by atoms with E-state index >= 15 is 0 Å². The first-order valence-electron chi connectivity index (χ1n) is 16.9. The van der Waals surface area contributed by atoms with Gasteiger partial charge in [-0.1, -0.05) is 105 Å². The maximum absolute atomic E-state index is 6.60. The van der Waals surface area contributed by atoms with Crippen LogP contribution in [0.3, 0.4) is 0 Å². The van der Waals surface area contributed by atoms with Crippen molar-refractivity contribution < 1.29 is 9.47 Å². The van der Waals surface area contributed by atoms with Crippen LogP contribution >= 0.6 is 0 Å². The summed E-state index contributed by atoms with van der Waals surface area (Å²) in [4.78, 5) is 2.42. The monoisotopic (exact) mass is 630 g/mol. The molecule has 11 rings (SSSR count). The molecule has 0 radical (unpaired) electrons. The fourth-order valence-electron chi connectivity index (χ4n) is 8.52. The molecule has 0 N–H and O–H groups in total. The molecule has 4 nitrogen and oxygen atoms in total. The molecular weight excluding hydrogens is 601 g/mol. The molecule has 4 heteroatoms. The Morgan fingerprint density at radius 1 is 0.510 bits per heavy atom. The maximum atomic E-state index is 6.60. The average Bonchev–Trinajstić information content (AvgIpc) is 3.61. The van der Waals surface area contributed by atoms with Gasteiger partial charge in [0.2, 0.25) is 0 Å². The summed E-state index contributed by atoms with van der Waals surface area (Å²) >= 11 is 0. The number of nitrogens with zero attached hydrogens (tertiary/aromatic N) is 2. The summed E-state index contributed by atoms with van der Waals surface area (Å²) in [6.07, 6.45) is 0. The van der Waals surface area contributed by atoms with Gasteiger partial charge in [-0.2, -0.15) is 0 Å². The lowest BCUT2D eigenvalue weighted by Crippen LogP contribution is -2.15. The quantitative estimate of drug-likeness (QED) is 0.194. The van der Waals surface area contributed by atoms with E-state index in [4.69, 9.17) is 9.47 Å². The molecule has 3 heterocycles. The van der Waals surface area contributed by atoms with Gasteiger partial charge in [0.15, 0.2) is 23.0 Å². The first kappa shape index (κ1) is 26.8. The van der Waals surface area contributed by atoms with Crippen molar-refractivity contribution in [3.63, 3.8) is 0 Å². The van der Waals surface area contributed by atoms with Crippen molar-refractivity contribution in [3.8, 4) is 50.9 Å². The Bertz CT molecular complexity index is 2670. The molecule has 1 aromatic heterocycles. The van der Waals surface area contributed by atoms with Crippen molar-refractivity contribution in [2.24, 2.45) is 0 Å². The van der Waals surface area contributed by atoms with Crippen molar-refractivity contribution in [2.45, 2.75) is 19.3 Å². The van der Waals surface area contributed by atoms with Gasteiger partial charge in [-0.25, -0.2) is 0 Å². The highest BCUT2D eigenvalue weighted by Crippen LogP contribution is 2.57. The molecule has 0 bridgehead atoms. The molecule has 0 saturated heterocycles. The summed E-state index contributed by atoms with van der Waals surface area (Å²) < 4.78 is 15.5. The van der Waals surface area contributed by atoms with Crippen LogP contribution in [-0.4, -0.2) is 4.57 Å². The van der Waals surface area contributed by atoms with Gasteiger partial charge in [0.25, 0.3) is 0 Å². The van der Waals surface area contributed by atoms with Crippen molar-refractivity contribution in [1.29, 1.82) is 0 Å². The first-order chi connectivity index (χ1) is 24.1. The number of rotatable bonds is 4. The minimum absolute atomic E-state index is 0.0694. The molecule has 2 aliphatic heterocycles. The second-order valence-electron chi connectivity index (χ2n) is 13.7. The zero-order valence-corrected chi connectivity index (χ0v) is 27.1. The van der Waals surface area contributed by atoms with E-state index in [1.54, 1.807) is 0 Å². The smallest absolute Gasteiger partial charge is 0.155 e. The molecule has 0 saturated carbocycles. The van der Waals surface area contributed by atoms with Crippen LogP contribution in [0.5, 0.6) is 23.0 Å². The van der Waals surface area contributed by atoms with Crippen LogP contribution in [0.25, 0.3) is 49.7 Å². The van der Waals surface area contributed by atoms with Crippen molar-refractivity contribution in [2.75, 3.05) is 4.90 Å².